The summed E-state index contributed by atoms with van der Waals surface area (Å²) in [6, 6.07) is 5.42. The number of likely N-dealkylation sites (tertiary alicyclic amines) is 1. The predicted octanol–water partition coefficient (Wildman–Crippen LogP) is 2.87. The highest BCUT2D eigenvalue weighted by Gasteiger charge is 2.24. The number of hydrogen-bond acceptors (Lipinski definition) is 4. The summed E-state index contributed by atoms with van der Waals surface area (Å²) in [5.41, 5.74) is 0.913. The molecule has 118 valence electrons. The third kappa shape index (κ3) is 4.35. The molecule has 4 heteroatoms. The minimum Gasteiger partial charge on any atom is -0.508 e. The maximum Gasteiger partial charge on any atom is 0.119 e. The van der Waals surface area contributed by atoms with E-state index in [0.717, 1.165) is 12.1 Å². The zero-order chi connectivity index (χ0) is 15.4. The van der Waals surface area contributed by atoms with Gasteiger partial charge in [-0.2, -0.15) is 0 Å². The number of nitrogens with one attached hydrogen (secondary N) is 1. The number of hydrogen-bond donors (Lipinski definition) is 3. The Morgan fingerprint density at radius 3 is 2.14 bits per heavy atom. The molecule has 1 aliphatic heterocycles. The molecular formula is C17H28N2O2. The molecule has 2 rings (SSSR count). The molecule has 1 aromatic rings. The van der Waals surface area contributed by atoms with Gasteiger partial charge in [0.25, 0.3) is 0 Å². The normalized spacial score (nSPS) is 19.0. The van der Waals surface area contributed by atoms with Crippen molar-refractivity contribution in [3.63, 3.8) is 0 Å². The lowest BCUT2D eigenvalue weighted by Gasteiger charge is -2.32. The largest absolute Gasteiger partial charge is 0.508 e. The van der Waals surface area contributed by atoms with Gasteiger partial charge in [-0.15, -0.1) is 0 Å². The quantitative estimate of drug-likeness (QED) is 0.754. The van der Waals surface area contributed by atoms with E-state index in [2.05, 4.69) is 31.0 Å². The standard InChI is InChI=1S/C17H28N2O2/c1-12(2)17(19-6-4-5-7-19)11-18-13(3)14-8-15(20)10-16(21)9-14/h8-10,12-13,17-18,20-21H,4-7,11H2,1-3H3. The zero-order valence-electron chi connectivity index (χ0n) is 13.3. The Balaban J connectivity index is 1.96. The van der Waals surface area contributed by atoms with E-state index >= 15 is 0 Å². The predicted molar refractivity (Wildman–Crippen MR) is 85.6 cm³/mol. The van der Waals surface area contributed by atoms with Crippen LogP contribution >= 0.6 is 0 Å². The molecule has 0 spiro atoms. The monoisotopic (exact) mass is 292 g/mol. The summed E-state index contributed by atoms with van der Waals surface area (Å²) >= 11 is 0. The average molecular weight is 292 g/mol. The van der Waals surface area contributed by atoms with Crippen LogP contribution in [0.5, 0.6) is 11.5 Å². The van der Waals surface area contributed by atoms with Gasteiger partial charge in [0.05, 0.1) is 0 Å². The third-order valence-electron chi connectivity index (χ3n) is 4.44. The first-order valence-electron chi connectivity index (χ1n) is 7.97. The molecule has 4 nitrogen and oxygen atoms in total. The van der Waals surface area contributed by atoms with Crippen molar-refractivity contribution in [3.8, 4) is 11.5 Å². The van der Waals surface area contributed by atoms with Crippen LogP contribution in [0.25, 0.3) is 0 Å². The Bertz CT molecular complexity index is 436. The second-order valence-corrected chi connectivity index (χ2v) is 6.47. The average Bonchev–Trinajstić information content (AvgIpc) is 2.91. The number of nitrogens with zero attached hydrogens (tertiary/aromatic N) is 1. The summed E-state index contributed by atoms with van der Waals surface area (Å²) in [7, 11) is 0. The molecule has 21 heavy (non-hydrogen) atoms. The van der Waals surface area contributed by atoms with Crippen molar-refractivity contribution >= 4 is 0 Å². The molecule has 0 saturated carbocycles. The summed E-state index contributed by atoms with van der Waals surface area (Å²) < 4.78 is 0. The molecule has 0 aromatic heterocycles. The number of aromatic hydroxyl groups is 2. The van der Waals surface area contributed by atoms with Gasteiger partial charge in [-0.1, -0.05) is 13.8 Å². The Labute approximate surface area is 127 Å². The topological polar surface area (TPSA) is 55.7 Å². The van der Waals surface area contributed by atoms with Crippen LogP contribution in [0.3, 0.4) is 0 Å². The van der Waals surface area contributed by atoms with E-state index < -0.39 is 0 Å². The van der Waals surface area contributed by atoms with Crippen molar-refractivity contribution in [3.05, 3.63) is 23.8 Å². The Kier molecular flexibility index (Phi) is 5.48. The lowest BCUT2D eigenvalue weighted by Crippen LogP contribution is -2.44. The van der Waals surface area contributed by atoms with Gasteiger partial charge in [0.15, 0.2) is 0 Å². The first-order valence-corrected chi connectivity index (χ1v) is 7.97. The molecule has 2 unspecified atom stereocenters. The van der Waals surface area contributed by atoms with Crippen LogP contribution in [-0.4, -0.2) is 40.8 Å². The number of benzene rings is 1. The van der Waals surface area contributed by atoms with E-state index in [1.165, 1.54) is 32.0 Å². The van der Waals surface area contributed by atoms with Crippen LogP contribution in [-0.2, 0) is 0 Å². The van der Waals surface area contributed by atoms with Crippen LogP contribution in [0.15, 0.2) is 18.2 Å². The highest BCUT2D eigenvalue weighted by Crippen LogP contribution is 2.25. The Morgan fingerprint density at radius 2 is 1.62 bits per heavy atom. The highest BCUT2D eigenvalue weighted by molar-refractivity contribution is 5.37. The summed E-state index contributed by atoms with van der Waals surface area (Å²) in [6.07, 6.45) is 2.61. The fraction of sp³-hybridized carbons (Fsp3) is 0.647. The molecule has 2 atom stereocenters. The smallest absolute Gasteiger partial charge is 0.119 e. The lowest BCUT2D eigenvalue weighted by molar-refractivity contribution is 0.183. The van der Waals surface area contributed by atoms with E-state index in [9.17, 15) is 10.2 Å². The van der Waals surface area contributed by atoms with Crippen molar-refractivity contribution in [2.24, 2.45) is 5.92 Å². The van der Waals surface area contributed by atoms with E-state index in [-0.39, 0.29) is 17.5 Å². The summed E-state index contributed by atoms with van der Waals surface area (Å²) in [4.78, 5) is 2.57. The van der Waals surface area contributed by atoms with Crippen molar-refractivity contribution in [2.45, 2.75) is 45.7 Å². The highest BCUT2D eigenvalue weighted by atomic mass is 16.3. The minimum atomic E-state index is 0.104. The first kappa shape index (κ1) is 16.1. The molecule has 3 N–H and O–H groups in total. The lowest BCUT2D eigenvalue weighted by atomic mass is 10.0. The second-order valence-electron chi connectivity index (χ2n) is 6.47. The fourth-order valence-electron chi connectivity index (χ4n) is 3.14. The molecule has 1 fully saturated rings. The molecule has 1 heterocycles. The molecule has 1 saturated heterocycles. The molecular weight excluding hydrogens is 264 g/mol. The molecule has 1 aromatic carbocycles. The SMILES string of the molecule is CC(NCC(C(C)C)N1CCCC1)c1cc(O)cc(O)c1. The molecule has 0 aliphatic carbocycles. The van der Waals surface area contributed by atoms with Gasteiger partial charge >= 0.3 is 0 Å². The van der Waals surface area contributed by atoms with Gasteiger partial charge in [0.1, 0.15) is 11.5 Å². The molecule has 1 aliphatic rings. The maximum absolute atomic E-state index is 9.59. The van der Waals surface area contributed by atoms with E-state index in [0.29, 0.717) is 12.0 Å². The van der Waals surface area contributed by atoms with Gasteiger partial charge < -0.3 is 15.5 Å². The van der Waals surface area contributed by atoms with Gasteiger partial charge in [0.2, 0.25) is 0 Å². The minimum absolute atomic E-state index is 0.104. The van der Waals surface area contributed by atoms with E-state index in [1.807, 2.05) is 0 Å². The van der Waals surface area contributed by atoms with Crippen molar-refractivity contribution in [2.75, 3.05) is 19.6 Å². The van der Waals surface area contributed by atoms with E-state index in [1.54, 1.807) is 12.1 Å². The third-order valence-corrected chi connectivity index (χ3v) is 4.44. The van der Waals surface area contributed by atoms with Gasteiger partial charge in [-0.3, -0.25) is 4.90 Å². The van der Waals surface area contributed by atoms with Crippen LogP contribution in [0.2, 0.25) is 0 Å². The zero-order valence-corrected chi connectivity index (χ0v) is 13.3. The van der Waals surface area contributed by atoms with Gasteiger partial charge in [-0.05, 0) is 56.5 Å². The number of rotatable bonds is 6. The molecule has 0 amide bonds. The van der Waals surface area contributed by atoms with Crippen molar-refractivity contribution in [1.82, 2.24) is 10.2 Å². The van der Waals surface area contributed by atoms with Gasteiger partial charge in [0, 0.05) is 24.7 Å². The Hall–Kier alpha value is -1.26. The van der Waals surface area contributed by atoms with Crippen LogP contribution in [0, 0.1) is 5.92 Å². The number of phenolic OH excluding ortho intramolecular Hbond substituents is 2. The van der Waals surface area contributed by atoms with Crippen molar-refractivity contribution in [1.29, 1.82) is 0 Å². The van der Waals surface area contributed by atoms with Crippen LogP contribution in [0.1, 0.15) is 45.2 Å². The maximum atomic E-state index is 9.59. The molecule has 0 bridgehead atoms. The first-order chi connectivity index (χ1) is 9.97. The van der Waals surface area contributed by atoms with Crippen LogP contribution < -0.4 is 5.32 Å². The Morgan fingerprint density at radius 1 is 1.05 bits per heavy atom. The second kappa shape index (κ2) is 7.14. The fourth-order valence-corrected chi connectivity index (χ4v) is 3.14. The molecule has 0 radical (unpaired) electrons. The summed E-state index contributed by atoms with van der Waals surface area (Å²) in [6.45, 7) is 9.94. The van der Waals surface area contributed by atoms with Gasteiger partial charge in [-0.25, -0.2) is 0 Å². The summed E-state index contributed by atoms with van der Waals surface area (Å²) in [5, 5.41) is 22.7. The summed E-state index contributed by atoms with van der Waals surface area (Å²) in [5.74, 6) is 0.831. The van der Waals surface area contributed by atoms with E-state index in [4.69, 9.17) is 0 Å². The van der Waals surface area contributed by atoms with Crippen molar-refractivity contribution < 1.29 is 10.2 Å². The van der Waals surface area contributed by atoms with Crippen LogP contribution in [0.4, 0.5) is 0 Å². The number of phenols is 2.